The standard InChI is InChI=1S/C25H21Cl2NO5S/c1-16(29)25(14-23(25)19-4-10-21(27)11-5-19)28(15-24(30)31)34(32,33)22-12-6-18(7-13-22)17-2-8-20(26)9-3-17/h2-13,23,29H,1,14-15H2,(H,30,31). The van der Waals surface area contributed by atoms with Gasteiger partial charge in [-0.2, -0.15) is 4.31 Å². The van der Waals surface area contributed by atoms with Gasteiger partial charge in [-0.3, -0.25) is 4.79 Å². The number of carbonyl (C=O) groups is 1. The fourth-order valence-corrected chi connectivity index (χ4v) is 6.23. The molecule has 6 nitrogen and oxygen atoms in total. The molecule has 0 aliphatic heterocycles. The summed E-state index contributed by atoms with van der Waals surface area (Å²) in [6.45, 7) is 2.77. The molecule has 176 valence electrons. The molecule has 0 spiro atoms. The van der Waals surface area contributed by atoms with E-state index in [1.54, 1.807) is 48.5 Å². The summed E-state index contributed by atoms with van der Waals surface area (Å²) in [5.74, 6) is -2.22. The zero-order chi connectivity index (χ0) is 24.7. The third kappa shape index (κ3) is 4.44. The van der Waals surface area contributed by atoms with Gasteiger partial charge in [-0.25, -0.2) is 8.42 Å². The first kappa shape index (κ1) is 24.3. The Hall–Kier alpha value is -2.84. The second-order valence-electron chi connectivity index (χ2n) is 8.12. The molecule has 4 rings (SSSR count). The van der Waals surface area contributed by atoms with E-state index in [0.29, 0.717) is 10.0 Å². The number of benzene rings is 3. The molecule has 0 amide bonds. The SMILES string of the molecule is C=C(O)C1(N(CC(=O)O)S(=O)(=O)c2ccc(-c3ccc(Cl)cc3)cc2)CC1c1ccc(Cl)cc1. The van der Waals surface area contributed by atoms with Gasteiger partial charge in [0.2, 0.25) is 10.0 Å². The van der Waals surface area contributed by atoms with Crippen LogP contribution in [0.5, 0.6) is 0 Å². The van der Waals surface area contributed by atoms with Crippen molar-refractivity contribution in [1.82, 2.24) is 4.31 Å². The summed E-state index contributed by atoms with van der Waals surface area (Å²) < 4.78 is 28.1. The van der Waals surface area contributed by atoms with E-state index in [2.05, 4.69) is 6.58 Å². The van der Waals surface area contributed by atoms with Crippen LogP contribution in [-0.2, 0) is 14.8 Å². The molecule has 34 heavy (non-hydrogen) atoms. The van der Waals surface area contributed by atoms with Crippen molar-refractivity contribution in [2.75, 3.05) is 6.54 Å². The van der Waals surface area contributed by atoms with Crippen LogP contribution >= 0.6 is 23.2 Å². The van der Waals surface area contributed by atoms with Crippen molar-refractivity contribution in [3.8, 4) is 11.1 Å². The van der Waals surface area contributed by atoms with Crippen LogP contribution in [0.3, 0.4) is 0 Å². The lowest BCUT2D eigenvalue weighted by molar-refractivity contribution is -0.137. The van der Waals surface area contributed by atoms with Crippen LogP contribution < -0.4 is 0 Å². The Morgan fingerprint density at radius 3 is 1.85 bits per heavy atom. The van der Waals surface area contributed by atoms with Gasteiger partial charge < -0.3 is 10.2 Å². The van der Waals surface area contributed by atoms with Crippen LogP contribution in [0.25, 0.3) is 11.1 Å². The maximum Gasteiger partial charge on any atom is 0.318 e. The summed E-state index contributed by atoms with van der Waals surface area (Å²) in [7, 11) is -4.31. The molecule has 1 fully saturated rings. The average molecular weight is 518 g/mol. The van der Waals surface area contributed by atoms with Crippen molar-refractivity contribution < 1.29 is 23.4 Å². The number of sulfonamides is 1. The smallest absolute Gasteiger partial charge is 0.318 e. The normalized spacial score (nSPS) is 19.7. The molecule has 0 radical (unpaired) electrons. The highest BCUT2D eigenvalue weighted by Gasteiger charge is 2.65. The van der Waals surface area contributed by atoms with Crippen LogP contribution in [0, 0.1) is 0 Å². The number of hydrogen-bond acceptors (Lipinski definition) is 4. The molecule has 2 atom stereocenters. The second kappa shape index (κ2) is 9.07. The molecule has 9 heteroatoms. The van der Waals surface area contributed by atoms with Crippen LogP contribution in [-0.4, -0.2) is 41.0 Å². The lowest BCUT2D eigenvalue weighted by atomic mass is 10.0. The monoisotopic (exact) mass is 517 g/mol. The topological polar surface area (TPSA) is 94.9 Å². The van der Waals surface area contributed by atoms with Gasteiger partial charge in [0.1, 0.15) is 17.8 Å². The Balaban J connectivity index is 1.72. The fourth-order valence-electron chi connectivity index (χ4n) is 4.23. The summed E-state index contributed by atoms with van der Waals surface area (Å²) in [5.41, 5.74) is 0.872. The van der Waals surface area contributed by atoms with Gasteiger partial charge in [0, 0.05) is 16.0 Å². The Bertz CT molecular complexity index is 1340. The van der Waals surface area contributed by atoms with Crippen molar-refractivity contribution >= 4 is 39.2 Å². The number of carboxylic acids is 1. The number of nitrogens with zero attached hydrogens (tertiary/aromatic N) is 1. The van der Waals surface area contributed by atoms with Crippen LogP contribution in [0.4, 0.5) is 0 Å². The Morgan fingerprint density at radius 2 is 1.38 bits per heavy atom. The lowest BCUT2D eigenvalue weighted by Gasteiger charge is -2.30. The first-order valence-electron chi connectivity index (χ1n) is 10.3. The van der Waals surface area contributed by atoms with Crippen molar-refractivity contribution in [2.24, 2.45) is 0 Å². The number of rotatable bonds is 8. The molecule has 2 N–H and O–H groups in total. The van der Waals surface area contributed by atoms with E-state index in [1.165, 1.54) is 12.1 Å². The largest absolute Gasteiger partial charge is 0.511 e. The number of carboxylic acid groups (broad SMARTS) is 1. The minimum absolute atomic E-state index is 0.0890. The quantitative estimate of drug-likeness (QED) is 0.371. The van der Waals surface area contributed by atoms with Gasteiger partial charge in [-0.05, 0) is 59.5 Å². The molecular weight excluding hydrogens is 497 g/mol. The van der Waals surface area contributed by atoms with E-state index in [1.807, 2.05) is 12.1 Å². The zero-order valence-corrected chi connectivity index (χ0v) is 20.2. The highest BCUT2D eigenvalue weighted by Crippen LogP contribution is 2.60. The Labute approximate surface area is 207 Å². The molecule has 0 saturated heterocycles. The summed E-state index contributed by atoms with van der Waals surface area (Å²) in [6, 6.07) is 20.0. The van der Waals surface area contributed by atoms with Crippen molar-refractivity contribution in [1.29, 1.82) is 0 Å². The molecule has 1 aliphatic rings. The third-order valence-corrected chi connectivity index (χ3v) is 8.45. The first-order chi connectivity index (χ1) is 16.1. The first-order valence-corrected chi connectivity index (χ1v) is 12.5. The predicted molar refractivity (Wildman–Crippen MR) is 132 cm³/mol. The minimum atomic E-state index is -4.31. The van der Waals surface area contributed by atoms with Crippen molar-refractivity contribution in [2.45, 2.75) is 22.8 Å². The number of aliphatic hydroxyl groups excluding tert-OH is 1. The molecule has 1 saturated carbocycles. The molecule has 3 aromatic carbocycles. The van der Waals surface area contributed by atoms with Gasteiger partial charge in [0.15, 0.2) is 0 Å². The van der Waals surface area contributed by atoms with Gasteiger partial charge in [0.25, 0.3) is 0 Å². The summed E-state index contributed by atoms with van der Waals surface area (Å²) in [5, 5.41) is 21.1. The van der Waals surface area contributed by atoms with Crippen LogP contribution in [0.15, 0.2) is 90.0 Å². The van der Waals surface area contributed by atoms with Crippen LogP contribution in [0.2, 0.25) is 10.0 Å². The highest BCUT2D eigenvalue weighted by atomic mass is 35.5. The second-order valence-corrected chi connectivity index (χ2v) is 10.9. The van der Waals surface area contributed by atoms with Gasteiger partial charge in [0.05, 0.1) is 4.90 Å². The van der Waals surface area contributed by atoms with E-state index in [-0.39, 0.29) is 11.3 Å². The number of hydrogen-bond donors (Lipinski definition) is 2. The highest BCUT2D eigenvalue weighted by molar-refractivity contribution is 7.89. The molecule has 1 aliphatic carbocycles. The number of aliphatic carboxylic acids is 1. The molecule has 0 aromatic heterocycles. The van der Waals surface area contributed by atoms with Gasteiger partial charge in [-0.15, -0.1) is 0 Å². The van der Waals surface area contributed by atoms with Crippen LogP contribution in [0.1, 0.15) is 17.9 Å². The lowest BCUT2D eigenvalue weighted by Crippen LogP contribution is -2.47. The van der Waals surface area contributed by atoms with E-state index >= 15 is 0 Å². The summed E-state index contributed by atoms with van der Waals surface area (Å²) >= 11 is 11.9. The minimum Gasteiger partial charge on any atom is -0.511 e. The Morgan fingerprint density at radius 1 is 0.912 bits per heavy atom. The maximum absolute atomic E-state index is 13.7. The van der Waals surface area contributed by atoms with E-state index < -0.39 is 39.8 Å². The molecule has 0 bridgehead atoms. The Kier molecular flexibility index (Phi) is 6.48. The fraction of sp³-hybridized carbons (Fsp3) is 0.160. The summed E-state index contributed by atoms with van der Waals surface area (Å²) in [4.78, 5) is 11.6. The van der Waals surface area contributed by atoms with E-state index in [4.69, 9.17) is 23.2 Å². The molecule has 0 heterocycles. The van der Waals surface area contributed by atoms with Gasteiger partial charge >= 0.3 is 5.97 Å². The van der Waals surface area contributed by atoms with E-state index in [0.717, 1.165) is 21.0 Å². The van der Waals surface area contributed by atoms with Crippen molar-refractivity contribution in [3.05, 3.63) is 101 Å². The summed E-state index contributed by atoms with van der Waals surface area (Å²) in [6.07, 6.45) is 0.194. The van der Waals surface area contributed by atoms with Crippen molar-refractivity contribution in [3.63, 3.8) is 0 Å². The molecule has 3 aromatic rings. The molecule has 2 unspecified atom stereocenters. The average Bonchev–Trinajstić information content (AvgIpc) is 3.55. The maximum atomic E-state index is 13.7. The number of halogens is 2. The predicted octanol–water partition coefficient (Wildman–Crippen LogP) is 5.73. The van der Waals surface area contributed by atoms with Gasteiger partial charge in [-0.1, -0.05) is 66.2 Å². The third-order valence-electron chi connectivity index (χ3n) is 6.05. The number of aliphatic hydroxyl groups is 1. The zero-order valence-electron chi connectivity index (χ0n) is 17.9. The molecular formula is C25H21Cl2NO5S. The van der Waals surface area contributed by atoms with E-state index in [9.17, 15) is 23.4 Å².